The van der Waals surface area contributed by atoms with Crippen LogP contribution >= 0.6 is 0 Å². The lowest BCUT2D eigenvalue weighted by molar-refractivity contribution is -0.123. The predicted octanol–water partition coefficient (Wildman–Crippen LogP) is 2.37. The van der Waals surface area contributed by atoms with Crippen LogP contribution in [-0.2, 0) is 16.1 Å². The summed E-state index contributed by atoms with van der Waals surface area (Å²) in [6.07, 6.45) is 1.55. The highest BCUT2D eigenvalue weighted by Gasteiger charge is 2.04. The second-order valence-electron chi connectivity index (χ2n) is 4.90. The summed E-state index contributed by atoms with van der Waals surface area (Å²) in [5.74, 6) is 1.05. The molecule has 126 valence electrons. The van der Waals surface area contributed by atoms with Crippen molar-refractivity contribution in [3.05, 3.63) is 59.7 Å². The summed E-state index contributed by atoms with van der Waals surface area (Å²) in [6, 6.07) is 14.7. The first-order valence-corrected chi connectivity index (χ1v) is 7.38. The molecule has 2 aromatic rings. The van der Waals surface area contributed by atoms with E-state index in [1.807, 2.05) is 36.4 Å². The Morgan fingerprint density at radius 1 is 1.17 bits per heavy atom. The minimum atomic E-state index is -0.333. The monoisotopic (exact) mass is 328 g/mol. The van der Waals surface area contributed by atoms with Crippen molar-refractivity contribution >= 4 is 12.1 Å². The molecule has 24 heavy (non-hydrogen) atoms. The zero-order valence-corrected chi connectivity index (χ0v) is 13.7. The Balaban J connectivity index is 1.86. The highest BCUT2D eigenvalue weighted by Crippen LogP contribution is 2.19. The fourth-order valence-electron chi connectivity index (χ4n) is 2.02. The SMILES string of the molecule is COCc1cc(/C=N\NC(=O)COc2ccccc2)ccc1OC. The molecule has 0 aliphatic carbocycles. The maximum absolute atomic E-state index is 11.7. The van der Waals surface area contributed by atoms with Gasteiger partial charge in [-0.05, 0) is 35.9 Å². The number of carbonyl (C=O) groups excluding carboxylic acids is 1. The van der Waals surface area contributed by atoms with E-state index in [0.29, 0.717) is 12.4 Å². The lowest BCUT2D eigenvalue weighted by Gasteiger charge is -2.08. The van der Waals surface area contributed by atoms with E-state index in [4.69, 9.17) is 14.2 Å². The minimum Gasteiger partial charge on any atom is -0.496 e. The van der Waals surface area contributed by atoms with Gasteiger partial charge in [-0.1, -0.05) is 18.2 Å². The molecule has 0 saturated carbocycles. The van der Waals surface area contributed by atoms with E-state index in [9.17, 15) is 4.79 Å². The number of amides is 1. The second-order valence-corrected chi connectivity index (χ2v) is 4.90. The van der Waals surface area contributed by atoms with Gasteiger partial charge in [0.1, 0.15) is 11.5 Å². The van der Waals surface area contributed by atoms with Gasteiger partial charge in [0.25, 0.3) is 5.91 Å². The fourth-order valence-corrected chi connectivity index (χ4v) is 2.02. The van der Waals surface area contributed by atoms with E-state index in [2.05, 4.69) is 10.5 Å². The molecule has 0 aliphatic rings. The Morgan fingerprint density at radius 2 is 1.96 bits per heavy atom. The average molecular weight is 328 g/mol. The first-order valence-electron chi connectivity index (χ1n) is 7.38. The van der Waals surface area contributed by atoms with Crippen molar-refractivity contribution in [1.29, 1.82) is 0 Å². The van der Waals surface area contributed by atoms with Crippen LogP contribution in [0.3, 0.4) is 0 Å². The van der Waals surface area contributed by atoms with Gasteiger partial charge < -0.3 is 14.2 Å². The van der Waals surface area contributed by atoms with E-state index in [1.54, 1.807) is 32.6 Å². The molecule has 6 heteroatoms. The number of nitrogens with one attached hydrogen (secondary N) is 1. The van der Waals surface area contributed by atoms with Crippen LogP contribution in [0.15, 0.2) is 53.6 Å². The summed E-state index contributed by atoms with van der Waals surface area (Å²) in [5, 5.41) is 3.92. The number of rotatable bonds is 8. The van der Waals surface area contributed by atoms with Crippen LogP contribution in [0.1, 0.15) is 11.1 Å². The van der Waals surface area contributed by atoms with Gasteiger partial charge in [-0.15, -0.1) is 0 Å². The number of hydrogen-bond donors (Lipinski definition) is 1. The molecular formula is C18H20N2O4. The van der Waals surface area contributed by atoms with Crippen LogP contribution in [0.25, 0.3) is 0 Å². The minimum absolute atomic E-state index is 0.0983. The quantitative estimate of drug-likeness (QED) is 0.597. The zero-order chi connectivity index (χ0) is 17.2. The molecule has 0 heterocycles. The summed E-state index contributed by atoms with van der Waals surface area (Å²) >= 11 is 0. The van der Waals surface area contributed by atoms with Gasteiger partial charge in [0.15, 0.2) is 6.61 Å². The van der Waals surface area contributed by atoms with Gasteiger partial charge in [-0.2, -0.15) is 5.10 Å². The molecule has 0 bridgehead atoms. The third-order valence-electron chi connectivity index (χ3n) is 3.12. The number of hydrazone groups is 1. The number of methoxy groups -OCH3 is 2. The van der Waals surface area contributed by atoms with E-state index >= 15 is 0 Å². The average Bonchev–Trinajstić information content (AvgIpc) is 2.61. The number of ether oxygens (including phenoxy) is 3. The van der Waals surface area contributed by atoms with Gasteiger partial charge in [-0.25, -0.2) is 5.43 Å². The number of hydrogen-bond acceptors (Lipinski definition) is 5. The summed E-state index contributed by atoms with van der Waals surface area (Å²) < 4.78 is 15.7. The van der Waals surface area contributed by atoms with Crippen LogP contribution in [-0.4, -0.2) is 32.9 Å². The fraction of sp³-hybridized carbons (Fsp3) is 0.222. The second kappa shape index (κ2) is 9.32. The molecule has 0 fully saturated rings. The number of benzene rings is 2. The summed E-state index contributed by atoms with van der Waals surface area (Å²) in [5.41, 5.74) is 4.16. The van der Waals surface area contributed by atoms with Crippen LogP contribution in [0.2, 0.25) is 0 Å². The Hall–Kier alpha value is -2.86. The molecule has 0 saturated heterocycles. The molecule has 2 rings (SSSR count). The smallest absolute Gasteiger partial charge is 0.277 e. The maximum atomic E-state index is 11.7. The van der Waals surface area contributed by atoms with Crippen molar-refractivity contribution in [2.24, 2.45) is 5.10 Å². The topological polar surface area (TPSA) is 69.2 Å². The highest BCUT2D eigenvalue weighted by molar-refractivity contribution is 5.83. The van der Waals surface area contributed by atoms with Gasteiger partial charge in [0.2, 0.25) is 0 Å². The van der Waals surface area contributed by atoms with Crippen LogP contribution < -0.4 is 14.9 Å². The largest absolute Gasteiger partial charge is 0.496 e. The van der Waals surface area contributed by atoms with Gasteiger partial charge >= 0.3 is 0 Å². The molecule has 0 atom stereocenters. The molecule has 1 amide bonds. The number of carbonyl (C=O) groups is 1. The number of para-hydroxylation sites is 1. The van der Waals surface area contributed by atoms with Gasteiger partial charge in [0, 0.05) is 12.7 Å². The molecule has 0 radical (unpaired) electrons. The summed E-state index contributed by atoms with van der Waals surface area (Å²) in [4.78, 5) is 11.7. The zero-order valence-electron chi connectivity index (χ0n) is 13.7. The van der Waals surface area contributed by atoms with E-state index in [-0.39, 0.29) is 12.5 Å². The predicted molar refractivity (Wildman–Crippen MR) is 91.4 cm³/mol. The Kier molecular flexibility index (Phi) is 6.79. The van der Waals surface area contributed by atoms with Crippen LogP contribution in [0.4, 0.5) is 0 Å². The lowest BCUT2D eigenvalue weighted by Crippen LogP contribution is -2.24. The standard InChI is InChI=1S/C18H20N2O4/c1-22-12-15-10-14(8-9-17(15)23-2)11-19-20-18(21)13-24-16-6-4-3-5-7-16/h3-11H,12-13H2,1-2H3,(H,20,21)/b19-11-. The molecule has 6 nitrogen and oxygen atoms in total. The Bertz CT molecular complexity index is 687. The van der Waals surface area contributed by atoms with Gasteiger partial charge in [-0.3, -0.25) is 4.79 Å². The molecule has 1 N–H and O–H groups in total. The van der Waals surface area contributed by atoms with Crippen molar-refractivity contribution in [2.75, 3.05) is 20.8 Å². The maximum Gasteiger partial charge on any atom is 0.277 e. The lowest BCUT2D eigenvalue weighted by atomic mass is 10.1. The molecule has 0 aromatic heterocycles. The van der Waals surface area contributed by atoms with E-state index in [0.717, 1.165) is 16.9 Å². The third-order valence-corrected chi connectivity index (χ3v) is 3.12. The summed E-state index contributed by atoms with van der Waals surface area (Å²) in [7, 11) is 3.22. The molecule has 0 aliphatic heterocycles. The van der Waals surface area contributed by atoms with E-state index < -0.39 is 0 Å². The molecular weight excluding hydrogens is 308 g/mol. The third kappa shape index (κ3) is 5.40. The van der Waals surface area contributed by atoms with Crippen molar-refractivity contribution in [2.45, 2.75) is 6.61 Å². The molecule has 0 spiro atoms. The van der Waals surface area contributed by atoms with Crippen molar-refractivity contribution in [1.82, 2.24) is 5.43 Å². The van der Waals surface area contributed by atoms with Crippen molar-refractivity contribution in [3.8, 4) is 11.5 Å². The van der Waals surface area contributed by atoms with Crippen molar-refractivity contribution in [3.63, 3.8) is 0 Å². The highest BCUT2D eigenvalue weighted by atomic mass is 16.5. The van der Waals surface area contributed by atoms with Crippen LogP contribution in [0.5, 0.6) is 11.5 Å². The number of nitrogens with zero attached hydrogens (tertiary/aromatic N) is 1. The van der Waals surface area contributed by atoms with Gasteiger partial charge in [0.05, 0.1) is 19.9 Å². The molecule has 0 unspecified atom stereocenters. The summed E-state index contributed by atoms with van der Waals surface area (Å²) in [6.45, 7) is 0.334. The first kappa shape index (κ1) is 17.5. The molecule has 2 aromatic carbocycles. The Morgan fingerprint density at radius 3 is 2.67 bits per heavy atom. The van der Waals surface area contributed by atoms with Crippen LogP contribution in [0, 0.1) is 0 Å². The normalized spacial score (nSPS) is 10.6. The Labute approximate surface area is 141 Å². The first-order chi connectivity index (χ1) is 11.7. The van der Waals surface area contributed by atoms with E-state index in [1.165, 1.54) is 0 Å². The van der Waals surface area contributed by atoms with Crippen molar-refractivity contribution < 1.29 is 19.0 Å².